The van der Waals surface area contributed by atoms with Crippen LogP contribution in [0.2, 0.25) is 0 Å². The second-order valence-corrected chi connectivity index (χ2v) is 7.53. The van der Waals surface area contributed by atoms with Gasteiger partial charge in [-0.25, -0.2) is 9.59 Å². The molecule has 0 amide bonds. The van der Waals surface area contributed by atoms with Crippen LogP contribution in [-0.4, -0.2) is 86.0 Å². The fourth-order valence-electron chi connectivity index (χ4n) is 3.52. The number of methoxy groups -OCH3 is 3. The van der Waals surface area contributed by atoms with Crippen LogP contribution in [-0.2, 0) is 16.1 Å². The molecule has 1 fully saturated rings. The predicted octanol–water partition coefficient (Wildman–Crippen LogP) is 2.70. The lowest BCUT2D eigenvalue weighted by molar-refractivity contribution is -0.159. The van der Waals surface area contributed by atoms with Crippen molar-refractivity contribution in [3.05, 3.63) is 59.7 Å². The van der Waals surface area contributed by atoms with Gasteiger partial charge in [0, 0.05) is 39.3 Å². The molecule has 2 aromatic rings. The van der Waals surface area contributed by atoms with E-state index in [0.29, 0.717) is 17.2 Å². The number of nitrogens with zero attached hydrogens (tertiary/aromatic N) is 2. The van der Waals surface area contributed by atoms with Crippen molar-refractivity contribution in [2.24, 2.45) is 0 Å². The smallest absolute Gasteiger partial charge is 0.414 e. The molecule has 9 nitrogen and oxygen atoms in total. The Hall–Kier alpha value is -3.56. The molecule has 184 valence electrons. The second kappa shape index (κ2) is 13.9. The SMILES string of the molecule is COc1cc(CN2CCN(C/C=C/c3ccccc3)CC2)cc(OC)c1OC.O=C(O)C(=O)O. The first-order chi connectivity index (χ1) is 16.4. The van der Waals surface area contributed by atoms with Gasteiger partial charge in [-0.05, 0) is 23.3 Å². The van der Waals surface area contributed by atoms with Crippen LogP contribution in [0.25, 0.3) is 6.08 Å². The molecule has 0 unspecified atom stereocenters. The molecule has 0 aromatic heterocycles. The molecular weight excluding hydrogens is 440 g/mol. The van der Waals surface area contributed by atoms with Gasteiger partial charge in [-0.1, -0.05) is 42.5 Å². The van der Waals surface area contributed by atoms with Gasteiger partial charge in [0.15, 0.2) is 11.5 Å². The number of aliphatic carboxylic acids is 2. The minimum Gasteiger partial charge on any atom is -0.493 e. The maximum atomic E-state index is 9.10. The molecule has 0 aliphatic carbocycles. The summed E-state index contributed by atoms with van der Waals surface area (Å²) in [4.78, 5) is 23.2. The number of carboxylic acid groups (broad SMARTS) is 2. The van der Waals surface area contributed by atoms with Crippen LogP contribution in [0.3, 0.4) is 0 Å². The van der Waals surface area contributed by atoms with Gasteiger partial charge in [-0.3, -0.25) is 9.80 Å². The Morgan fingerprint density at radius 2 is 1.38 bits per heavy atom. The Balaban J connectivity index is 0.000000604. The van der Waals surface area contributed by atoms with E-state index in [1.165, 1.54) is 11.1 Å². The zero-order valence-corrected chi connectivity index (χ0v) is 19.8. The maximum Gasteiger partial charge on any atom is 0.414 e. The number of piperazine rings is 1. The lowest BCUT2D eigenvalue weighted by Gasteiger charge is -2.34. The van der Waals surface area contributed by atoms with E-state index < -0.39 is 11.9 Å². The summed E-state index contributed by atoms with van der Waals surface area (Å²) in [5.74, 6) is -1.59. The normalized spacial score (nSPS) is 14.2. The van der Waals surface area contributed by atoms with Gasteiger partial charge in [-0.2, -0.15) is 0 Å². The van der Waals surface area contributed by atoms with Gasteiger partial charge in [0.05, 0.1) is 21.3 Å². The molecular formula is C25H32N2O7. The minimum absolute atomic E-state index is 0.642. The fraction of sp³-hybridized carbons (Fsp3) is 0.360. The van der Waals surface area contributed by atoms with Crippen molar-refractivity contribution in [3.8, 4) is 17.2 Å². The average molecular weight is 473 g/mol. The summed E-state index contributed by atoms with van der Waals surface area (Å²) >= 11 is 0. The van der Waals surface area contributed by atoms with E-state index in [0.717, 1.165) is 39.3 Å². The summed E-state index contributed by atoms with van der Waals surface area (Å²) in [7, 11) is 4.94. The van der Waals surface area contributed by atoms with Crippen LogP contribution in [0.15, 0.2) is 48.5 Å². The van der Waals surface area contributed by atoms with Crippen LogP contribution >= 0.6 is 0 Å². The van der Waals surface area contributed by atoms with Crippen molar-refractivity contribution in [1.82, 2.24) is 9.80 Å². The minimum atomic E-state index is -1.82. The fourth-order valence-corrected chi connectivity index (χ4v) is 3.52. The Kier molecular flexibility index (Phi) is 10.9. The summed E-state index contributed by atoms with van der Waals surface area (Å²) in [6, 6.07) is 14.5. The van der Waals surface area contributed by atoms with Gasteiger partial charge in [0.2, 0.25) is 5.75 Å². The van der Waals surface area contributed by atoms with E-state index in [9.17, 15) is 0 Å². The maximum absolute atomic E-state index is 9.10. The van der Waals surface area contributed by atoms with E-state index in [1.807, 2.05) is 18.2 Å². The number of carbonyl (C=O) groups is 2. The van der Waals surface area contributed by atoms with Crippen molar-refractivity contribution in [1.29, 1.82) is 0 Å². The Morgan fingerprint density at radius 1 is 0.853 bits per heavy atom. The molecule has 0 atom stereocenters. The lowest BCUT2D eigenvalue weighted by atomic mass is 10.1. The van der Waals surface area contributed by atoms with Crippen LogP contribution < -0.4 is 14.2 Å². The van der Waals surface area contributed by atoms with Crippen molar-refractivity contribution >= 4 is 18.0 Å². The summed E-state index contributed by atoms with van der Waals surface area (Å²) in [5, 5.41) is 14.8. The summed E-state index contributed by atoms with van der Waals surface area (Å²) in [6.45, 7) is 6.12. The number of rotatable bonds is 8. The standard InChI is InChI=1S/C23H30N2O3.C2H2O4/c1-26-21-16-20(17-22(27-2)23(21)28-3)18-25-14-12-24(13-15-25)11-7-10-19-8-5-4-6-9-19;3-1(4)2(5)6/h4-10,16-17H,11-15,18H2,1-3H3;(H,3,4)(H,5,6)/b10-7+;. The highest BCUT2D eigenvalue weighted by Crippen LogP contribution is 2.38. The first kappa shape index (κ1) is 26.7. The number of hydrogen-bond donors (Lipinski definition) is 2. The number of benzene rings is 2. The van der Waals surface area contributed by atoms with Crippen molar-refractivity contribution in [2.75, 3.05) is 54.1 Å². The molecule has 1 heterocycles. The molecule has 0 radical (unpaired) electrons. The molecule has 0 saturated carbocycles. The van der Waals surface area contributed by atoms with Crippen LogP contribution in [0, 0.1) is 0 Å². The summed E-state index contributed by atoms with van der Waals surface area (Å²) in [6.07, 6.45) is 4.45. The molecule has 3 rings (SSSR count). The van der Waals surface area contributed by atoms with Gasteiger partial charge in [-0.15, -0.1) is 0 Å². The van der Waals surface area contributed by atoms with Crippen molar-refractivity contribution in [2.45, 2.75) is 6.54 Å². The zero-order chi connectivity index (χ0) is 24.9. The summed E-state index contributed by atoms with van der Waals surface area (Å²) < 4.78 is 16.3. The molecule has 2 N–H and O–H groups in total. The first-order valence-corrected chi connectivity index (χ1v) is 10.8. The second-order valence-electron chi connectivity index (χ2n) is 7.53. The third kappa shape index (κ3) is 8.42. The third-order valence-corrected chi connectivity index (χ3v) is 5.25. The molecule has 9 heteroatoms. The molecule has 1 aliphatic heterocycles. The highest BCUT2D eigenvalue weighted by atomic mass is 16.5. The number of hydrogen-bond acceptors (Lipinski definition) is 7. The molecule has 0 spiro atoms. The van der Waals surface area contributed by atoms with E-state index in [4.69, 9.17) is 34.0 Å². The van der Waals surface area contributed by atoms with Crippen LogP contribution in [0.1, 0.15) is 11.1 Å². The number of carboxylic acids is 2. The monoisotopic (exact) mass is 472 g/mol. The van der Waals surface area contributed by atoms with E-state index in [-0.39, 0.29) is 0 Å². The Morgan fingerprint density at radius 3 is 1.85 bits per heavy atom. The van der Waals surface area contributed by atoms with E-state index in [2.05, 4.69) is 46.2 Å². The van der Waals surface area contributed by atoms with Crippen molar-refractivity contribution < 1.29 is 34.0 Å². The zero-order valence-electron chi connectivity index (χ0n) is 19.8. The van der Waals surface area contributed by atoms with E-state index in [1.54, 1.807) is 21.3 Å². The molecule has 2 aromatic carbocycles. The van der Waals surface area contributed by atoms with E-state index >= 15 is 0 Å². The lowest BCUT2D eigenvalue weighted by Crippen LogP contribution is -2.45. The highest BCUT2D eigenvalue weighted by Gasteiger charge is 2.18. The molecule has 34 heavy (non-hydrogen) atoms. The van der Waals surface area contributed by atoms with Gasteiger partial charge in [0.1, 0.15) is 0 Å². The molecule has 1 saturated heterocycles. The predicted molar refractivity (Wildman–Crippen MR) is 129 cm³/mol. The highest BCUT2D eigenvalue weighted by molar-refractivity contribution is 6.27. The summed E-state index contributed by atoms with van der Waals surface area (Å²) in [5.41, 5.74) is 2.43. The third-order valence-electron chi connectivity index (χ3n) is 5.25. The van der Waals surface area contributed by atoms with Crippen molar-refractivity contribution in [3.63, 3.8) is 0 Å². The largest absolute Gasteiger partial charge is 0.493 e. The van der Waals surface area contributed by atoms with Gasteiger partial charge >= 0.3 is 11.9 Å². The number of ether oxygens (including phenoxy) is 3. The Bertz CT molecular complexity index is 918. The van der Waals surface area contributed by atoms with Gasteiger partial charge in [0.25, 0.3) is 0 Å². The van der Waals surface area contributed by atoms with Gasteiger partial charge < -0.3 is 24.4 Å². The van der Waals surface area contributed by atoms with Crippen LogP contribution in [0.4, 0.5) is 0 Å². The molecule has 1 aliphatic rings. The quantitative estimate of drug-likeness (QED) is 0.561. The first-order valence-electron chi connectivity index (χ1n) is 10.8. The molecule has 0 bridgehead atoms. The van der Waals surface area contributed by atoms with Crippen LogP contribution in [0.5, 0.6) is 17.2 Å². The Labute approximate surface area is 199 Å². The average Bonchev–Trinajstić information content (AvgIpc) is 2.85. The topological polar surface area (TPSA) is 109 Å².